The monoisotopic (exact) mass is 299 g/mol. The van der Waals surface area contributed by atoms with Crippen molar-refractivity contribution in [1.82, 2.24) is 10.2 Å². The van der Waals surface area contributed by atoms with Crippen molar-refractivity contribution in [3.63, 3.8) is 0 Å². The van der Waals surface area contributed by atoms with Crippen LogP contribution in [0.2, 0.25) is 0 Å². The van der Waals surface area contributed by atoms with Crippen LogP contribution in [0, 0.1) is 0 Å². The van der Waals surface area contributed by atoms with Crippen molar-refractivity contribution in [2.24, 2.45) is 4.99 Å². The van der Waals surface area contributed by atoms with Crippen molar-refractivity contribution in [1.29, 1.82) is 0 Å². The molecule has 0 aromatic carbocycles. The Kier molecular flexibility index (Phi) is 6.01. The van der Waals surface area contributed by atoms with Gasteiger partial charge in [0.2, 0.25) is 0 Å². The molecule has 20 heavy (non-hydrogen) atoms. The Morgan fingerprint density at radius 3 is 2.85 bits per heavy atom. The molecule has 2 aliphatic rings. The summed E-state index contributed by atoms with van der Waals surface area (Å²) < 4.78 is 5.03. The lowest BCUT2D eigenvalue weighted by Crippen LogP contribution is -2.46. The number of nitrogens with one attached hydrogen (secondary N) is 1. The lowest BCUT2D eigenvalue weighted by atomic mass is 10.1. The van der Waals surface area contributed by atoms with E-state index in [1.165, 1.54) is 12.8 Å². The summed E-state index contributed by atoms with van der Waals surface area (Å²) in [6, 6.07) is 0.437. The SMILES string of the molecule is CCCC1CN=C(NC2CCN(C(=O)OCC)CC2)S1. The first-order chi connectivity index (χ1) is 9.72. The molecule has 5 nitrogen and oxygen atoms in total. The minimum Gasteiger partial charge on any atom is -0.450 e. The highest BCUT2D eigenvalue weighted by Gasteiger charge is 2.26. The van der Waals surface area contributed by atoms with Crippen molar-refractivity contribution < 1.29 is 9.53 Å². The van der Waals surface area contributed by atoms with Crippen LogP contribution in [0.5, 0.6) is 0 Å². The van der Waals surface area contributed by atoms with Gasteiger partial charge in [0.15, 0.2) is 5.17 Å². The zero-order valence-electron chi connectivity index (χ0n) is 12.4. The molecule has 1 unspecified atom stereocenters. The number of aliphatic imine (C=N–C) groups is 1. The number of piperidine rings is 1. The number of thioether (sulfide) groups is 1. The van der Waals surface area contributed by atoms with E-state index in [0.717, 1.165) is 37.6 Å². The van der Waals surface area contributed by atoms with Crippen molar-refractivity contribution in [3.05, 3.63) is 0 Å². The maximum atomic E-state index is 11.6. The number of carbonyl (C=O) groups is 1. The van der Waals surface area contributed by atoms with Crippen LogP contribution in [-0.2, 0) is 4.74 Å². The summed E-state index contributed by atoms with van der Waals surface area (Å²) in [5, 5.41) is 5.28. The van der Waals surface area contributed by atoms with E-state index in [-0.39, 0.29) is 6.09 Å². The molecule has 6 heteroatoms. The summed E-state index contributed by atoms with van der Waals surface area (Å²) in [6.45, 7) is 7.00. The Bertz CT molecular complexity index is 354. The van der Waals surface area contributed by atoms with E-state index in [1.54, 1.807) is 4.90 Å². The first-order valence-electron chi connectivity index (χ1n) is 7.62. The lowest BCUT2D eigenvalue weighted by Gasteiger charge is -2.31. The third-order valence-electron chi connectivity index (χ3n) is 3.68. The molecule has 0 saturated carbocycles. The highest BCUT2D eigenvalue weighted by Crippen LogP contribution is 2.24. The van der Waals surface area contributed by atoms with Crippen LogP contribution in [-0.4, -0.2) is 53.7 Å². The van der Waals surface area contributed by atoms with Crippen LogP contribution in [0.25, 0.3) is 0 Å². The van der Waals surface area contributed by atoms with Gasteiger partial charge in [-0.2, -0.15) is 0 Å². The number of hydrogen-bond acceptors (Lipinski definition) is 5. The Morgan fingerprint density at radius 2 is 2.20 bits per heavy atom. The number of amidine groups is 1. The van der Waals surface area contributed by atoms with Crippen LogP contribution in [0.1, 0.15) is 39.5 Å². The molecule has 0 bridgehead atoms. The van der Waals surface area contributed by atoms with Crippen LogP contribution in [0.4, 0.5) is 4.79 Å². The van der Waals surface area contributed by atoms with Gasteiger partial charge in [-0.25, -0.2) is 4.79 Å². The molecule has 0 aliphatic carbocycles. The highest BCUT2D eigenvalue weighted by atomic mass is 32.2. The van der Waals surface area contributed by atoms with Crippen molar-refractivity contribution >= 4 is 23.0 Å². The van der Waals surface area contributed by atoms with Gasteiger partial charge in [0.05, 0.1) is 13.2 Å². The topological polar surface area (TPSA) is 53.9 Å². The molecule has 1 atom stereocenters. The fourth-order valence-electron chi connectivity index (χ4n) is 2.56. The third-order valence-corrected chi connectivity index (χ3v) is 4.86. The molecule has 114 valence electrons. The summed E-state index contributed by atoms with van der Waals surface area (Å²) >= 11 is 1.88. The van der Waals surface area contributed by atoms with E-state index in [9.17, 15) is 4.79 Å². The number of likely N-dealkylation sites (tertiary alicyclic amines) is 1. The summed E-state index contributed by atoms with van der Waals surface area (Å²) in [5.41, 5.74) is 0. The van der Waals surface area contributed by atoms with E-state index in [1.807, 2.05) is 18.7 Å². The zero-order valence-corrected chi connectivity index (χ0v) is 13.2. The predicted molar refractivity (Wildman–Crippen MR) is 83.3 cm³/mol. The van der Waals surface area contributed by atoms with Gasteiger partial charge in [-0.15, -0.1) is 0 Å². The molecular weight excluding hydrogens is 274 g/mol. The summed E-state index contributed by atoms with van der Waals surface area (Å²) in [4.78, 5) is 18.0. The Morgan fingerprint density at radius 1 is 1.45 bits per heavy atom. The standard InChI is InChI=1S/C14H25N3O2S/c1-3-5-12-10-15-13(20-12)16-11-6-8-17(9-7-11)14(18)19-4-2/h11-12H,3-10H2,1-2H3,(H,15,16). The van der Waals surface area contributed by atoms with Gasteiger partial charge in [-0.1, -0.05) is 25.1 Å². The van der Waals surface area contributed by atoms with E-state index < -0.39 is 0 Å². The summed E-state index contributed by atoms with van der Waals surface area (Å²) in [7, 11) is 0. The first-order valence-corrected chi connectivity index (χ1v) is 8.50. The highest BCUT2D eigenvalue weighted by molar-refractivity contribution is 8.14. The van der Waals surface area contributed by atoms with Crippen LogP contribution in [0.15, 0.2) is 4.99 Å². The van der Waals surface area contributed by atoms with Crippen molar-refractivity contribution in [3.8, 4) is 0 Å². The van der Waals surface area contributed by atoms with E-state index in [4.69, 9.17) is 4.74 Å². The molecule has 2 rings (SSSR count). The fraction of sp³-hybridized carbons (Fsp3) is 0.857. The summed E-state index contributed by atoms with van der Waals surface area (Å²) in [6.07, 6.45) is 4.22. The summed E-state index contributed by atoms with van der Waals surface area (Å²) in [5.74, 6) is 0. The molecule has 1 amide bonds. The second-order valence-electron chi connectivity index (χ2n) is 5.28. The number of nitrogens with zero attached hydrogens (tertiary/aromatic N) is 2. The molecule has 2 heterocycles. The second-order valence-corrected chi connectivity index (χ2v) is 6.57. The lowest BCUT2D eigenvalue weighted by molar-refractivity contribution is 0.0964. The second kappa shape index (κ2) is 7.76. The number of rotatable bonds is 4. The first kappa shape index (κ1) is 15.5. The number of hydrogen-bond donors (Lipinski definition) is 1. The largest absolute Gasteiger partial charge is 0.450 e. The maximum absolute atomic E-state index is 11.6. The molecule has 2 aliphatic heterocycles. The van der Waals surface area contributed by atoms with E-state index in [2.05, 4.69) is 17.2 Å². The number of ether oxygens (including phenoxy) is 1. The van der Waals surface area contributed by atoms with Crippen molar-refractivity contribution in [2.75, 3.05) is 26.2 Å². The number of amides is 1. The predicted octanol–water partition coefficient (Wildman–Crippen LogP) is 2.47. The van der Waals surface area contributed by atoms with E-state index in [0.29, 0.717) is 17.9 Å². The van der Waals surface area contributed by atoms with Crippen LogP contribution in [0.3, 0.4) is 0 Å². The van der Waals surface area contributed by atoms with Gasteiger partial charge >= 0.3 is 6.09 Å². The molecule has 1 saturated heterocycles. The average molecular weight is 299 g/mol. The molecule has 0 aromatic heterocycles. The van der Waals surface area contributed by atoms with Crippen molar-refractivity contribution in [2.45, 2.75) is 50.8 Å². The molecular formula is C14H25N3O2S. The zero-order chi connectivity index (χ0) is 14.4. The fourth-order valence-corrected chi connectivity index (χ4v) is 3.77. The molecule has 0 radical (unpaired) electrons. The quantitative estimate of drug-likeness (QED) is 0.866. The average Bonchev–Trinajstić information content (AvgIpc) is 2.88. The van der Waals surface area contributed by atoms with Gasteiger partial charge in [-0.05, 0) is 26.2 Å². The van der Waals surface area contributed by atoms with E-state index >= 15 is 0 Å². The normalized spacial score (nSPS) is 23.6. The van der Waals surface area contributed by atoms with Crippen LogP contribution >= 0.6 is 11.8 Å². The Labute approximate surface area is 125 Å². The minimum atomic E-state index is -0.179. The maximum Gasteiger partial charge on any atom is 0.409 e. The van der Waals surface area contributed by atoms with Gasteiger partial charge in [0.1, 0.15) is 0 Å². The van der Waals surface area contributed by atoms with Gasteiger partial charge in [-0.3, -0.25) is 4.99 Å². The molecule has 1 fully saturated rings. The number of carbonyl (C=O) groups excluding carboxylic acids is 1. The third kappa shape index (κ3) is 4.30. The minimum absolute atomic E-state index is 0.179. The molecule has 0 spiro atoms. The Hall–Kier alpha value is -0.910. The van der Waals surface area contributed by atoms with Gasteiger partial charge < -0.3 is 15.0 Å². The molecule has 0 aromatic rings. The smallest absolute Gasteiger partial charge is 0.409 e. The van der Waals surface area contributed by atoms with Crippen LogP contribution < -0.4 is 5.32 Å². The Balaban J connectivity index is 1.69. The van der Waals surface area contributed by atoms with Gasteiger partial charge in [0.25, 0.3) is 0 Å². The molecule has 1 N–H and O–H groups in total. The van der Waals surface area contributed by atoms with Gasteiger partial charge in [0, 0.05) is 24.4 Å².